The average Bonchev–Trinajstić information content (AvgIpc) is 3.27. The first-order chi connectivity index (χ1) is 10.7. The SMILES string of the molecule is C[C@@H]1COCCN1c1nc(F)c(C=O)c2c1CCN2C1CC1. The molecule has 3 heterocycles. The molecule has 0 amide bonds. The van der Waals surface area contributed by atoms with E-state index in [4.69, 9.17) is 4.74 Å². The first-order valence-corrected chi connectivity index (χ1v) is 7.99. The number of hydrogen-bond donors (Lipinski definition) is 0. The van der Waals surface area contributed by atoms with Gasteiger partial charge in [-0.15, -0.1) is 0 Å². The maximum absolute atomic E-state index is 14.4. The molecule has 1 aliphatic carbocycles. The summed E-state index contributed by atoms with van der Waals surface area (Å²) in [7, 11) is 0. The monoisotopic (exact) mass is 305 g/mol. The van der Waals surface area contributed by atoms with Crippen molar-refractivity contribution in [2.45, 2.75) is 38.3 Å². The van der Waals surface area contributed by atoms with E-state index >= 15 is 0 Å². The molecule has 6 heteroatoms. The van der Waals surface area contributed by atoms with Gasteiger partial charge in [0.15, 0.2) is 6.29 Å². The Labute approximate surface area is 129 Å². The molecule has 1 saturated carbocycles. The molecule has 2 fully saturated rings. The van der Waals surface area contributed by atoms with Crippen molar-refractivity contribution in [3.8, 4) is 0 Å². The molecule has 3 aliphatic rings. The smallest absolute Gasteiger partial charge is 0.227 e. The van der Waals surface area contributed by atoms with Crippen LogP contribution in [0.4, 0.5) is 15.9 Å². The molecule has 5 nitrogen and oxygen atoms in total. The van der Waals surface area contributed by atoms with Crippen LogP contribution in [0.1, 0.15) is 35.7 Å². The molecule has 0 spiro atoms. The highest BCUT2D eigenvalue weighted by molar-refractivity contribution is 5.89. The third-order valence-corrected chi connectivity index (χ3v) is 4.87. The zero-order chi connectivity index (χ0) is 15.3. The fourth-order valence-corrected chi connectivity index (χ4v) is 3.62. The van der Waals surface area contributed by atoms with Crippen molar-refractivity contribution >= 4 is 17.8 Å². The van der Waals surface area contributed by atoms with Crippen LogP contribution >= 0.6 is 0 Å². The zero-order valence-electron chi connectivity index (χ0n) is 12.7. The van der Waals surface area contributed by atoms with E-state index in [2.05, 4.69) is 21.7 Å². The van der Waals surface area contributed by atoms with Crippen molar-refractivity contribution in [1.82, 2.24) is 4.98 Å². The maximum atomic E-state index is 14.4. The molecule has 1 aromatic heterocycles. The van der Waals surface area contributed by atoms with Crippen LogP contribution in [0.5, 0.6) is 0 Å². The van der Waals surface area contributed by atoms with Gasteiger partial charge in [0.2, 0.25) is 5.95 Å². The number of hydrogen-bond acceptors (Lipinski definition) is 5. The van der Waals surface area contributed by atoms with E-state index in [1.807, 2.05) is 0 Å². The Morgan fingerprint density at radius 3 is 2.82 bits per heavy atom. The number of rotatable bonds is 3. The van der Waals surface area contributed by atoms with Crippen molar-refractivity contribution in [3.05, 3.63) is 17.1 Å². The molecule has 0 unspecified atom stereocenters. The Morgan fingerprint density at radius 1 is 1.32 bits per heavy atom. The second-order valence-electron chi connectivity index (χ2n) is 6.38. The minimum Gasteiger partial charge on any atom is -0.377 e. The van der Waals surface area contributed by atoms with Crippen LogP contribution in [0.25, 0.3) is 0 Å². The van der Waals surface area contributed by atoms with E-state index in [-0.39, 0.29) is 11.6 Å². The Hall–Kier alpha value is -1.69. The van der Waals surface area contributed by atoms with Gasteiger partial charge in [-0.2, -0.15) is 4.39 Å². The lowest BCUT2D eigenvalue weighted by Crippen LogP contribution is -2.44. The van der Waals surface area contributed by atoms with Gasteiger partial charge in [-0.3, -0.25) is 4.79 Å². The second kappa shape index (κ2) is 5.19. The molecular weight excluding hydrogens is 285 g/mol. The van der Waals surface area contributed by atoms with E-state index < -0.39 is 5.95 Å². The summed E-state index contributed by atoms with van der Waals surface area (Å²) in [5, 5.41) is 0. The average molecular weight is 305 g/mol. The molecule has 22 heavy (non-hydrogen) atoms. The van der Waals surface area contributed by atoms with E-state index in [1.54, 1.807) is 0 Å². The van der Waals surface area contributed by atoms with Crippen LogP contribution in [0, 0.1) is 5.95 Å². The normalized spacial score (nSPS) is 24.5. The molecule has 0 aromatic carbocycles. The first kappa shape index (κ1) is 13.9. The molecule has 0 N–H and O–H groups in total. The quantitative estimate of drug-likeness (QED) is 0.629. The third kappa shape index (κ3) is 2.08. The van der Waals surface area contributed by atoms with Crippen LogP contribution in [0.15, 0.2) is 0 Å². The van der Waals surface area contributed by atoms with Crippen LogP contribution in [0.2, 0.25) is 0 Å². The lowest BCUT2D eigenvalue weighted by Gasteiger charge is -2.35. The second-order valence-corrected chi connectivity index (χ2v) is 6.38. The molecule has 1 atom stereocenters. The number of pyridine rings is 1. The standard InChI is InChI=1S/C16H20FN3O2/c1-10-9-22-7-6-19(10)16-12-4-5-20(11-2-3-11)14(12)13(8-21)15(17)18-16/h8,10-11H,2-7,9H2,1H3/t10-/m1/s1. The summed E-state index contributed by atoms with van der Waals surface area (Å²) >= 11 is 0. The van der Waals surface area contributed by atoms with Gasteiger partial charge in [-0.25, -0.2) is 4.98 Å². The summed E-state index contributed by atoms with van der Waals surface area (Å²) in [5.41, 5.74) is 1.95. The van der Waals surface area contributed by atoms with Crippen molar-refractivity contribution in [2.24, 2.45) is 0 Å². The maximum Gasteiger partial charge on any atom is 0.227 e. The van der Waals surface area contributed by atoms with E-state index in [0.29, 0.717) is 37.9 Å². The summed E-state index contributed by atoms with van der Waals surface area (Å²) < 4.78 is 19.9. The number of ether oxygens (including phenoxy) is 1. The number of carbonyl (C=O) groups excluding carboxylic acids is 1. The van der Waals surface area contributed by atoms with Gasteiger partial charge in [0.1, 0.15) is 5.82 Å². The Kier molecular flexibility index (Phi) is 3.29. The third-order valence-electron chi connectivity index (χ3n) is 4.87. The number of fused-ring (bicyclic) bond motifs is 1. The minimum absolute atomic E-state index is 0.129. The predicted molar refractivity (Wildman–Crippen MR) is 81.3 cm³/mol. The molecule has 2 aliphatic heterocycles. The number of nitrogens with zero attached hydrogens (tertiary/aromatic N) is 3. The summed E-state index contributed by atoms with van der Waals surface area (Å²) in [6, 6.07) is 0.638. The Balaban J connectivity index is 1.83. The topological polar surface area (TPSA) is 45.7 Å². The number of morpholine rings is 1. The van der Waals surface area contributed by atoms with Crippen LogP contribution < -0.4 is 9.80 Å². The number of carbonyl (C=O) groups is 1. The molecule has 4 rings (SSSR count). The van der Waals surface area contributed by atoms with Gasteiger partial charge in [0.25, 0.3) is 0 Å². The van der Waals surface area contributed by atoms with Crippen LogP contribution in [0.3, 0.4) is 0 Å². The first-order valence-electron chi connectivity index (χ1n) is 7.99. The van der Waals surface area contributed by atoms with E-state index in [0.717, 1.165) is 37.1 Å². The summed E-state index contributed by atoms with van der Waals surface area (Å²) in [6.45, 7) is 4.89. The highest BCUT2D eigenvalue weighted by atomic mass is 19.1. The summed E-state index contributed by atoms with van der Waals surface area (Å²) in [5.74, 6) is 0.0621. The lowest BCUT2D eigenvalue weighted by atomic mass is 10.1. The Morgan fingerprint density at radius 2 is 2.14 bits per heavy atom. The van der Waals surface area contributed by atoms with Gasteiger partial charge in [-0.1, -0.05) is 0 Å². The number of aromatic nitrogens is 1. The highest BCUT2D eigenvalue weighted by Gasteiger charge is 2.39. The fraction of sp³-hybridized carbons (Fsp3) is 0.625. The number of halogens is 1. The van der Waals surface area contributed by atoms with Crippen molar-refractivity contribution in [2.75, 3.05) is 36.1 Å². The zero-order valence-corrected chi connectivity index (χ0v) is 12.7. The van der Waals surface area contributed by atoms with Gasteiger partial charge in [0.05, 0.1) is 30.5 Å². The Bertz CT molecular complexity index is 618. The highest BCUT2D eigenvalue weighted by Crippen LogP contribution is 2.43. The summed E-state index contributed by atoms with van der Waals surface area (Å²) in [4.78, 5) is 19.9. The van der Waals surface area contributed by atoms with Gasteiger partial charge in [0, 0.05) is 24.7 Å². The molecule has 118 valence electrons. The molecule has 1 saturated heterocycles. The predicted octanol–water partition coefficient (Wildman–Crippen LogP) is 1.78. The minimum atomic E-state index is -0.644. The van der Waals surface area contributed by atoms with Crippen molar-refractivity contribution in [1.29, 1.82) is 0 Å². The summed E-state index contributed by atoms with van der Waals surface area (Å²) in [6.07, 6.45) is 3.71. The van der Waals surface area contributed by atoms with E-state index in [9.17, 15) is 9.18 Å². The van der Waals surface area contributed by atoms with Gasteiger partial charge >= 0.3 is 0 Å². The number of anilines is 2. The van der Waals surface area contributed by atoms with E-state index in [1.165, 1.54) is 0 Å². The molecular formula is C16H20FN3O2. The lowest BCUT2D eigenvalue weighted by molar-refractivity contribution is 0.0983. The molecule has 0 radical (unpaired) electrons. The van der Waals surface area contributed by atoms with Gasteiger partial charge < -0.3 is 14.5 Å². The van der Waals surface area contributed by atoms with Crippen LogP contribution in [-0.2, 0) is 11.2 Å². The fourth-order valence-electron chi connectivity index (χ4n) is 3.62. The number of aldehydes is 1. The van der Waals surface area contributed by atoms with Crippen molar-refractivity contribution < 1.29 is 13.9 Å². The van der Waals surface area contributed by atoms with Crippen molar-refractivity contribution in [3.63, 3.8) is 0 Å². The van der Waals surface area contributed by atoms with Crippen LogP contribution in [-0.4, -0.2) is 49.7 Å². The largest absolute Gasteiger partial charge is 0.377 e. The molecule has 1 aromatic rings. The molecule has 0 bridgehead atoms. The van der Waals surface area contributed by atoms with Gasteiger partial charge in [-0.05, 0) is 26.2 Å².